The fourth-order valence-corrected chi connectivity index (χ4v) is 5.81. The molecule has 0 saturated carbocycles. The van der Waals surface area contributed by atoms with Gasteiger partial charge < -0.3 is 19.9 Å². The van der Waals surface area contributed by atoms with Crippen molar-refractivity contribution in [2.24, 2.45) is 5.11 Å². The van der Waals surface area contributed by atoms with Crippen LogP contribution in [-0.4, -0.2) is 68.2 Å². The molecule has 5 rings (SSSR count). The van der Waals surface area contributed by atoms with Gasteiger partial charge in [0.2, 0.25) is 0 Å². The van der Waals surface area contributed by atoms with Crippen LogP contribution in [0, 0.1) is 10.9 Å². The highest BCUT2D eigenvalue weighted by Crippen LogP contribution is 2.45. The summed E-state index contributed by atoms with van der Waals surface area (Å²) in [5.74, 6) is 1.58. The molecular weight excluding hydrogens is 386 g/mol. The van der Waals surface area contributed by atoms with Gasteiger partial charge in [0.1, 0.15) is 22.2 Å². The van der Waals surface area contributed by atoms with Gasteiger partial charge in [0.15, 0.2) is 0 Å². The summed E-state index contributed by atoms with van der Waals surface area (Å²) in [6.07, 6.45) is 4.37. The standard InChI is InChI=1S/C20H27N7OS/c21-18(26-7-5-23-6-8-26)17-16(25-22)15-13-3-1-2-4-14(13)19(24-20(15)29-17)27-9-11-28-12-10-27/h21-23H,1-12H2. The van der Waals surface area contributed by atoms with Crippen molar-refractivity contribution in [3.8, 4) is 0 Å². The van der Waals surface area contributed by atoms with Gasteiger partial charge in [-0.15, -0.1) is 11.3 Å². The van der Waals surface area contributed by atoms with E-state index < -0.39 is 0 Å². The summed E-state index contributed by atoms with van der Waals surface area (Å²) < 4.78 is 5.55. The lowest BCUT2D eigenvalue weighted by Gasteiger charge is -2.31. The van der Waals surface area contributed by atoms with Gasteiger partial charge in [0.05, 0.1) is 18.1 Å². The Morgan fingerprint density at radius 3 is 2.52 bits per heavy atom. The number of aromatic nitrogens is 1. The topological polar surface area (TPSA) is 101 Å². The summed E-state index contributed by atoms with van der Waals surface area (Å²) in [6.45, 7) is 6.62. The van der Waals surface area contributed by atoms with Crippen molar-refractivity contribution in [3.05, 3.63) is 16.0 Å². The van der Waals surface area contributed by atoms with Crippen molar-refractivity contribution >= 4 is 38.9 Å². The maximum atomic E-state index is 8.80. The van der Waals surface area contributed by atoms with E-state index in [-0.39, 0.29) is 0 Å². The molecule has 0 amide bonds. The van der Waals surface area contributed by atoms with Gasteiger partial charge in [-0.3, -0.25) is 5.41 Å². The van der Waals surface area contributed by atoms with Crippen LogP contribution in [0.1, 0.15) is 28.8 Å². The van der Waals surface area contributed by atoms with Gasteiger partial charge in [0.25, 0.3) is 0 Å². The largest absolute Gasteiger partial charge is 0.378 e. The third kappa shape index (κ3) is 3.31. The number of anilines is 1. The fraction of sp³-hybridized carbons (Fsp3) is 0.600. The monoisotopic (exact) mass is 413 g/mol. The highest BCUT2D eigenvalue weighted by molar-refractivity contribution is 7.21. The summed E-state index contributed by atoms with van der Waals surface area (Å²) in [4.78, 5) is 11.2. The Balaban J connectivity index is 1.65. The molecule has 0 unspecified atom stereocenters. The van der Waals surface area contributed by atoms with Crippen LogP contribution < -0.4 is 10.2 Å². The smallest absolute Gasteiger partial charge is 0.140 e. The van der Waals surface area contributed by atoms with E-state index in [4.69, 9.17) is 20.7 Å². The quantitative estimate of drug-likeness (QED) is 0.408. The van der Waals surface area contributed by atoms with Gasteiger partial charge in [-0.2, -0.15) is 5.11 Å². The van der Waals surface area contributed by atoms with Crippen molar-refractivity contribution < 1.29 is 4.74 Å². The number of pyridine rings is 1. The first kappa shape index (κ1) is 18.9. The number of rotatable bonds is 3. The highest BCUT2D eigenvalue weighted by atomic mass is 32.1. The molecule has 9 heteroatoms. The molecule has 3 N–H and O–H groups in total. The third-order valence-electron chi connectivity index (χ3n) is 6.18. The normalized spacial score (nSPS) is 20.0. The summed E-state index contributed by atoms with van der Waals surface area (Å²) in [6, 6.07) is 0. The number of hydrogen-bond acceptors (Lipinski definition) is 8. The second-order valence-electron chi connectivity index (χ2n) is 7.86. The van der Waals surface area contributed by atoms with Crippen molar-refractivity contribution in [2.75, 3.05) is 57.4 Å². The minimum Gasteiger partial charge on any atom is -0.378 e. The Morgan fingerprint density at radius 1 is 1.07 bits per heavy atom. The van der Waals surface area contributed by atoms with Crippen LogP contribution in [0.5, 0.6) is 0 Å². The highest BCUT2D eigenvalue weighted by Gasteiger charge is 2.29. The number of morpholine rings is 1. The molecule has 29 heavy (non-hydrogen) atoms. The predicted molar refractivity (Wildman–Crippen MR) is 115 cm³/mol. The van der Waals surface area contributed by atoms with Crippen LogP contribution in [0.25, 0.3) is 10.2 Å². The van der Waals surface area contributed by atoms with E-state index in [1.165, 1.54) is 28.9 Å². The van der Waals surface area contributed by atoms with E-state index in [2.05, 4.69) is 20.2 Å². The molecule has 2 aromatic heterocycles. The molecule has 0 spiro atoms. The number of hydrogen-bond donors (Lipinski definition) is 3. The van der Waals surface area contributed by atoms with Crippen LogP contribution in [-0.2, 0) is 17.6 Å². The van der Waals surface area contributed by atoms with Crippen LogP contribution in [0.3, 0.4) is 0 Å². The minimum atomic E-state index is 0.484. The molecule has 8 nitrogen and oxygen atoms in total. The lowest BCUT2D eigenvalue weighted by atomic mass is 9.89. The van der Waals surface area contributed by atoms with E-state index in [0.717, 1.165) is 92.7 Å². The Labute approximate surface area is 174 Å². The number of ether oxygens (including phenoxy) is 1. The molecule has 2 aliphatic heterocycles. The molecule has 0 aromatic carbocycles. The number of nitrogens with one attached hydrogen (secondary N) is 3. The average molecular weight is 414 g/mol. The lowest BCUT2D eigenvalue weighted by molar-refractivity contribution is 0.122. The molecule has 3 aliphatic rings. The van der Waals surface area contributed by atoms with E-state index in [1.807, 2.05) is 0 Å². The van der Waals surface area contributed by atoms with E-state index >= 15 is 0 Å². The molecule has 2 aromatic rings. The first-order valence-corrected chi connectivity index (χ1v) is 11.3. The Kier molecular flexibility index (Phi) is 5.19. The maximum Gasteiger partial charge on any atom is 0.140 e. The molecule has 0 radical (unpaired) electrons. The zero-order valence-corrected chi connectivity index (χ0v) is 17.4. The zero-order valence-electron chi connectivity index (χ0n) is 16.6. The van der Waals surface area contributed by atoms with Crippen LogP contribution in [0.2, 0.25) is 0 Å². The molecule has 4 heterocycles. The van der Waals surface area contributed by atoms with Gasteiger partial charge in [-0.1, -0.05) is 0 Å². The Bertz CT molecular complexity index is 944. The molecule has 2 saturated heterocycles. The van der Waals surface area contributed by atoms with E-state index in [0.29, 0.717) is 11.5 Å². The second kappa shape index (κ2) is 7.97. The summed E-state index contributed by atoms with van der Waals surface area (Å²) >= 11 is 1.53. The first-order valence-electron chi connectivity index (χ1n) is 10.5. The average Bonchev–Trinajstić information content (AvgIpc) is 3.18. The number of amidine groups is 1. The lowest BCUT2D eigenvalue weighted by Crippen LogP contribution is -2.46. The molecule has 0 bridgehead atoms. The predicted octanol–water partition coefficient (Wildman–Crippen LogP) is 2.90. The van der Waals surface area contributed by atoms with Crippen LogP contribution in [0.15, 0.2) is 5.11 Å². The SMILES string of the molecule is N=Nc1c(C(=N)N2CCNCC2)sc2nc(N3CCOCC3)c3c(c12)CCCC3. The molecular formula is C20H27N7OS. The first-order chi connectivity index (χ1) is 14.3. The number of aryl methyl sites for hydroxylation is 1. The van der Waals surface area contributed by atoms with E-state index in [9.17, 15) is 0 Å². The Hall–Kier alpha value is -2.10. The molecule has 1 aliphatic carbocycles. The molecule has 2 fully saturated rings. The number of thiophene rings is 1. The van der Waals surface area contributed by atoms with Crippen molar-refractivity contribution in [3.63, 3.8) is 0 Å². The minimum absolute atomic E-state index is 0.484. The summed E-state index contributed by atoms with van der Waals surface area (Å²) in [5, 5.41) is 17.1. The summed E-state index contributed by atoms with van der Waals surface area (Å²) in [5.41, 5.74) is 11.2. The van der Waals surface area contributed by atoms with Crippen molar-refractivity contribution in [1.29, 1.82) is 10.9 Å². The third-order valence-corrected chi connectivity index (χ3v) is 7.26. The number of fused-ring (bicyclic) bond motifs is 3. The van der Waals surface area contributed by atoms with Gasteiger partial charge in [-0.25, -0.2) is 10.5 Å². The van der Waals surface area contributed by atoms with Crippen LogP contribution in [0.4, 0.5) is 11.5 Å². The Morgan fingerprint density at radius 2 is 1.79 bits per heavy atom. The van der Waals surface area contributed by atoms with Gasteiger partial charge in [-0.05, 0) is 36.8 Å². The van der Waals surface area contributed by atoms with Crippen molar-refractivity contribution in [2.45, 2.75) is 25.7 Å². The maximum absolute atomic E-state index is 8.80. The van der Waals surface area contributed by atoms with Crippen LogP contribution >= 0.6 is 11.3 Å². The van der Waals surface area contributed by atoms with Gasteiger partial charge >= 0.3 is 0 Å². The number of nitrogens with zero attached hydrogens (tertiary/aromatic N) is 4. The second-order valence-corrected chi connectivity index (χ2v) is 8.86. The molecule has 0 atom stereocenters. The zero-order chi connectivity index (χ0) is 19.8. The molecule has 154 valence electrons. The van der Waals surface area contributed by atoms with Crippen molar-refractivity contribution in [1.82, 2.24) is 15.2 Å². The van der Waals surface area contributed by atoms with Gasteiger partial charge in [0, 0.05) is 44.7 Å². The van der Waals surface area contributed by atoms with E-state index in [1.54, 1.807) is 0 Å². The fourth-order valence-electron chi connectivity index (χ4n) is 4.69. The number of piperazine rings is 1. The summed E-state index contributed by atoms with van der Waals surface area (Å²) in [7, 11) is 0.